The van der Waals surface area contributed by atoms with E-state index < -0.39 is 0 Å². The van der Waals surface area contributed by atoms with Crippen molar-refractivity contribution in [1.29, 1.82) is 0 Å². The van der Waals surface area contributed by atoms with Crippen molar-refractivity contribution < 1.29 is 4.79 Å². The van der Waals surface area contributed by atoms with E-state index >= 15 is 0 Å². The van der Waals surface area contributed by atoms with E-state index in [-0.39, 0.29) is 16.7 Å². The first-order valence-electron chi connectivity index (χ1n) is 6.36. The van der Waals surface area contributed by atoms with Crippen LogP contribution in [0.1, 0.15) is 45.7 Å². The Morgan fingerprint density at radius 1 is 1.17 bits per heavy atom. The number of hydrogen-bond donors (Lipinski definition) is 1. The number of hydrogen-bond acceptors (Lipinski definition) is 2. The Bertz CT molecular complexity index is 524. The van der Waals surface area contributed by atoms with Crippen LogP contribution in [0.25, 0.3) is 5.70 Å². The van der Waals surface area contributed by atoms with Crippen molar-refractivity contribution in [2.24, 2.45) is 0 Å². The fourth-order valence-corrected chi connectivity index (χ4v) is 2.48. The first kappa shape index (κ1) is 12.9. The van der Waals surface area contributed by atoms with Crippen LogP contribution in [0.2, 0.25) is 0 Å². The molecule has 2 nitrogen and oxygen atoms in total. The van der Waals surface area contributed by atoms with Gasteiger partial charge in [0.1, 0.15) is 0 Å². The van der Waals surface area contributed by atoms with Crippen LogP contribution in [0.3, 0.4) is 0 Å². The summed E-state index contributed by atoms with van der Waals surface area (Å²) in [6.45, 7) is 10.4. The Hall–Kier alpha value is -1.57. The lowest BCUT2D eigenvalue weighted by molar-refractivity contribution is -0.112. The standard InChI is InChI=1S/C16H21NO/c1-11(18)10-14-12-8-6-7-9-13(12)15(2,3)16(4,5)17-14/h6-10,17H,1-5H3/b14-10-. The summed E-state index contributed by atoms with van der Waals surface area (Å²) in [5.41, 5.74) is 3.28. The third-order valence-corrected chi connectivity index (χ3v) is 4.25. The monoisotopic (exact) mass is 243 g/mol. The van der Waals surface area contributed by atoms with Crippen molar-refractivity contribution in [3.05, 3.63) is 41.5 Å². The molecule has 2 heteroatoms. The molecule has 0 aromatic heterocycles. The maximum Gasteiger partial charge on any atom is 0.154 e. The van der Waals surface area contributed by atoms with Gasteiger partial charge in [0.25, 0.3) is 0 Å². The summed E-state index contributed by atoms with van der Waals surface area (Å²) in [5, 5.41) is 3.51. The van der Waals surface area contributed by atoms with E-state index in [1.54, 1.807) is 13.0 Å². The SMILES string of the molecule is CC(=O)/C=C1\NC(C)(C)C(C)(C)c2ccccc21. The fraction of sp³-hybridized carbons (Fsp3) is 0.438. The summed E-state index contributed by atoms with van der Waals surface area (Å²) >= 11 is 0. The summed E-state index contributed by atoms with van der Waals surface area (Å²) in [6, 6.07) is 8.32. The first-order chi connectivity index (χ1) is 8.25. The van der Waals surface area contributed by atoms with Gasteiger partial charge in [-0.1, -0.05) is 38.1 Å². The molecular formula is C16H21NO. The molecule has 2 rings (SSSR count). The lowest BCUT2D eigenvalue weighted by Gasteiger charge is -2.49. The Morgan fingerprint density at radius 2 is 1.78 bits per heavy atom. The van der Waals surface area contributed by atoms with E-state index in [4.69, 9.17) is 0 Å². The number of benzene rings is 1. The minimum atomic E-state index is -0.0946. The van der Waals surface area contributed by atoms with Crippen LogP contribution in [0.5, 0.6) is 0 Å². The van der Waals surface area contributed by atoms with Gasteiger partial charge in [-0.2, -0.15) is 0 Å². The second-order valence-corrected chi connectivity index (χ2v) is 6.09. The Morgan fingerprint density at radius 3 is 2.39 bits per heavy atom. The van der Waals surface area contributed by atoms with Crippen LogP contribution in [0.4, 0.5) is 0 Å². The van der Waals surface area contributed by atoms with Crippen LogP contribution in [0.15, 0.2) is 30.3 Å². The van der Waals surface area contributed by atoms with Crippen LogP contribution >= 0.6 is 0 Å². The van der Waals surface area contributed by atoms with Crippen molar-refractivity contribution in [3.63, 3.8) is 0 Å². The number of carbonyl (C=O) groups is 1. The van der Waals surface area contributed by atoms with Crippen LogP contribution < -0.4 is 5.32 Å². The Balaban J connectivity index is 2.68. The van der Waals surface area contributed by atoms with E-state index in [9.17, 15) is 4.79 Å². The van der Waals surface area contributed by atoms with E-state index in [1.807, 2.05) is 6.07 Å². The quantitative estimate of drug-likeness (QED) is 0.767. The van der Waals surface area contributed by atoms with Gasteiger partial charge in [-0.05, 0) is 26.3 Å². The predicted octanol–water partition coefficient (Wildman–Crippen LogP) is 3.28. The van der Waals surface area contributed by atoms with Crippen molar-refractivity contribution >= 4 is 11.5 Å². The minimum Gasteiger partial charge on any atom is -0.379 e. The molecule has 1 heterocycles. The molecule has 1 N–H and O–H groups in total. The molecule has 96 valence electrons. The topological polar surface area (TPSA) is 29.1 Å². The molecule has 18 heavy (non-hydrogen) atoms. The average molecular weight is 243 g/mol. The first-order valence-corrected chi connectivity index (χ1v) is 6.36. The molecule has 0 radical (unpaired) electrons. The number of fused-ring (bicyclic) bond motifs is 1. The highest BCUT2D eigenvalue weighted by Crippen LogP contribution is 2.43. The maximum absolute atomic E-state index is 11.4. The van der Waals surface area contributed by atoms with Gasteiger partial charge < -0.3 is 5.32 Å². The van der Waals surface area contributed by atoms with Gasteiger partial charge in [-0.3, -0.25) is 4.79 Å². The zero-order valence-corrected chi connectivity index (χ0v) is 11.8. The molecule has 0 atom stereocenters. The van der Waals surface area contributed by atoms with Gasteiger partial charge in [-0.25, -0.2) is 0 Å². The summed E-state index contributed by atoms with van der Waals surface area (Å²) in [5.74, 6) is 0.0720. The van der Waals surface area contributed by atoms with Gasteiger partial charge in [0, 0.05) is 28.3 Å². The lowest BCUT2D eigenvalue weighted by Crippen LogP contribution is -2.56. The highest BCUT2D eigenvalue weighted by molar-refractivity contribution is 5.95. The van der Waals surface area contributed by atoms with Crippen molar-refractivity contribution in [2.45, 2.75) is 45.6 Å². The third-order valence-electron chi connectivity index (χ3n) is 4.25. The van der Waals surface area contributed by atoms with Crippen molar-refractivity contribution in [3.8, 4) is 0 Å². The molecule has 1 aromatic rings. The molecular weight excluding hydrogens is 222 g/mol. The molecule has 0 aliphatic carbocycles. The largest absolute Gasteiger partial charge is 0.379 e. The number of ketones is 1. The van der Waals surface area contributed by atoms with Gasteiger partial charge in [0.05, 0.1) is 0 Å². The smallest absolute Gasteiger partial charge is 0.154 e. The minimum absolute atomic E-state index is 0.0116. The van der Waals surface area contributed by atoms with E-state index in [2.05, 4.69) is 51.2 Å². The summed E-state index contributed by atoms with van der Waals surface area (Å²) in [6.07, 6.45) is 1.69. The molecule has 0 spiro atoms. The predicted molar refractivity (Wildman–Crippen MR) is 75.3 cm³/mol. The van der Waals surface area contributed by atoms with Crippen LogP contribution in [0, 0.1) is 0 Å². The maximum atomic E-state index is 11.4. The molecule has 0 saturated heterocycles. The fourth-order valence-electron chi connectivity index (χ4n) is 2.48. The number of carbonyl (C=O) groups excluding carboxylic acids is 1. The highest BCUT2D eigenvalue weighted by atomic mass is 16.1. The summed E-state index contributed by atoms with van der Waals surface area (Å²) < 4.78 is 0. The molecule has 1 aromatic carbocycles. The van der Waals surface area contributed by atoms with Crippen LogP contribution in [-0.2, 0) is 10.2 Å². The van der Waals surface area contributed by atoms with Gasteiger partial charge >= 0.3 is 0 Å². The second-order valence-electron chi connectivity index (χ2n) is 6.09. The van der Waals surface area contributed by atoms with Gasteiger partial charge in [0.2, 0.25) is 0 Å². The molecule has 0 bridgehead atoms. The molecule has 1 aliphatic heterocycles. The number of allylic oxidation sites excluding steroid dienone is 1. The van der Waals surface area contributed by atoms with Crippen molar-refractivity contribution in [2.75, 3.05) is 0 Å². The lowest BCUT2D eigenvalue weighted by atomic mass is 9.65. The van der Waals surface area contributed by atoms with E-state index in [0.717, 1.165) is 11.3 Å². The third kappa shape index (κ3) is 1.86. The molecule has 1 aliphatic rings. The van der Waals surface area contributed by atoms with Gasteiger partial charge in [-0.15, -0.1) is 0 Å². The highest BCUT2D eigenvalue weighted by Gasteiger charge is 2.43. The number of nitrogens with one attached hydrogen (secondary N) is 1. The van der Waals surface area contributed by atoms with Crippen LogP contribution in [-0.4, -0.2) is 11.3 Å². The van der Waals surface area contributed by atoms with Gasteiger partial charge in [0.15, 0.2) is 5.78 Å². The molecule has 0 fully saturated rings. The van der Waals surface area contributed by atoms with Crippen molar-refractivity contribution in [1.82, 2.24) is 5.32 Å². The number of rotatable bonds is 1. The molecule has 0 unspecified atom stereocenters. The summed E-state index contributed by atoms with van der Waals surface area (Å²) in [7, 11) is 0. The second kappa shape index (κ2) is 3.98. The van der Waals surface area contributed by atoms with E-state index in [1.165, 1.54) is 5.56 Å². The summed E-state index contributed by atoms with van der Waals surface area (Å²) in [4.78, 5) is 11.4. The van der Waals surface area contributed by atoms with E-state index in [0.29, 0.717) is 0 Å². The zero-order chi connectivity index (χ0) is 13.6. The Kier molecular flexibility index (Phi) is 2.84. The molecule has 0 amide bonds. The molecule has 0 saturated carbocycles. The zero-order valence-electron chi connectivity index (χ0n) is 11.8. The normalized spacial score (nSPS) is 22.2. The Labute approximate surface area is 109 Å². The average Bonchev–Trinajstić information content (AvgIpc) is 2.25.